The van der Waals surface area contributed by atoms with Crippen molar-refractivity contribution in [2.24, 2.45) is 11.7 Å². The van der Waals surface area contributed by atoms with E-state index >= 15 is 0 Å². The van der Waals surface area contributed by atoms with Crippen molar-refractivity contribution in [2.75, 3.05) is 0 Å². The maximum absolute atomic E-state index is 11.3. The van der Waals surface area contributed by atoms with Crippen molar-refractivity contribution in [3.8, 4) is 0 Å². The van der Waals surface area contributed by atoms with Crippen LogP contribution in [0.4, 0.5) is 0 Å². The fourth-order valence-electron chi connectivity index (χ4n) is 1.70. The molecule has 2 rings (SSSR count). The molecule has 0 bridgehead atoms. The first-order valence-corrected chi connectivity index (χ1v) is 4.51. The summed E-state index contributed by atoms with van der Waals surface area (Å²) >= 11 is 0. The van der Waals surface area contributed by atoms with Crippen molar-refractivity contribution < 1.29 is 4.79 Å². The minimum absolute atomic E-state index is 0.0837. The van der Waals surface area contributed by atoms with Crippen LogP contribution in [-0.4, -0.2) is 11.3 Å². The van der Waals surface area contributed by atoms with Crippen LogP contribution in [-0.2, 0) is 4.79 Å². The number of ketones is 1. The van der Waals surface area contributed by atoms with Crippen molar-refractivity contribution in [2.45, 2.75) is 44.1 Å². The Morgan fingerprint density at radius 3 is 2.45 bits per heavy atom. The van der Waals surface area contributed by atoms with E-state index in [2.05, 4.69) is 0 Å². The van der Waals surface area contributed by atoms with Crippen LogP contribution in [0.1, 0.15) is 38.5 Å². The zero-order valence-electron chi connectivity index (χ0n) is 6.81. The molecule has 0 aliphatic heterocycles. The SMILES string of the molecule is NC1(CC(=O)C2CC2)CCC1. The van der Waals surface area contributed by atoms with E-state index < -0.39 is 0 Å². The highest BCUT2D eigenvalue weighted by atomic mass is 16.1. The topological polar surface area (TPSA) is 43.1 Å². The molecule has 2 N–H and O–H groups in total. The van der Waals surface area contributed by atoms with E-state index in [0.717, 1.165) is 25.7 Å². The Hall–Kier alpha value is -0.370. The molecule has 0 spiro atoms. The first-order chi connectivity index (χ1) is 5.20. The highest BCUT2D eigenvalue weighted by Gasteiger charge is 2.39. The van der Waals surface area contributed by atoms with Crippen LogP contribution < -0.4 is 5.73 Å². The Labute approximate surface area is 67.1 Å². The van der Waals surface area contributed by atoms with Gasteiger partial charge < -0.3 is 5.73 Å². The fraction of sp³-hybridized carbons (Fsp3) is 0.889. The summed E-state index contributed by atoms with van der Waals surface area (Å²) in [7, 11) is 0. The van der Waals surface area contributed by atoms with Gasteiger partial charge in [-0.25, -0.2) is 0 Å². The van der Waals surface area contributed by atoms with Crippen LogP contribution in [0, 0.1) is 5.92 Å². The Kier molecular flexibility index (Phi) is 1.53. The summed E-state index contributed by atoms with van der Waals surface area (Å²) in [5, 5.41) is 0. The van der Waals surface area contributed by atoms with Gasteiger partial charge in [-0.2, -0.15) is 0 Å². The number of hydrogen-bond acceptors (Lipinski definition) is 2. The summed E-state index contributed by atoms with van der Waals surface area (Å²) in [6, 6.07) is 0. The summed E-state index contributed by atoms with van der Waals surface area (Å²) < 4.78 is 0. The highest BCUT2D eigenvalue weighted by Crippen LogP contribution is 2.37. The van der Waals surface area contributed by atoms with Gasteiger partial charge in [-0.3, -0.25) is 4.79 Å². The van der Waals surface area contributed by atoms with E-state index in [1.807, 2.05) is 0 Å². The van der Waals surface area contributed by atoms with E-state index in [0.29, 0.717) is 18.1 Å². The second kappa shape index (κ2) is 2.31. The Balaban J connectivity index is 1.83. The summed E-state index contributed by atoms with van der Waals surface area (Å²) in [4.78, 5) is 11.3. The number of Topliss-reactive ketones (excluding diaryl/α,β-unsaturated/α-hetero) is 1. The van der Waals surface area contributed by atoms with Gasteiger partial charge in [-0.15, -0.1) is 0 Å². The van der Waals surface area contributed by atoms with Crippen LogP contribution in [0.25, 0.3) is 0 Å². The van der Waals surface area contributed by atoms with Crippen molar-refractivity contribution >= 4 is 5.78 Å². The van der Waals surface area contributed by atoms with E-state index in [1.165, 1.54) is 6.42 Å². The normalized spacial score (nSPS) is 27.7. The first-order valence-electron chi connectivity index (χ1n) is 4.51. The lowest BCUT2D eigenvalue weighted by atomic mass is 9.74. The van der Waals surface area contributed by atoms with Gasteiger partial charge in [-0.05, 0) is 32.1 Å². The first kappa shape index (κ1) is 7.29. The molecule has 2 aliphatic carbocycles. The van der Waals surface area contributed by atoms with Gasteiger partial charge in [0, 0.05) is 17.9 Å². The van der Waals surface area contributed by atoms with E-state index in [-0.39, 0.29) is 5.54 Å². The maximum Gasteiger partial charge on any atom is 0.137 e. The lowest BCUT2D eigenvalue weighted by Crippen LogP contribution is -2.48. The van der Waals surface area contributed by atoms with Gasteiger partial charge in [0.25, 0.3) is 0 Å². The fourth-order valence-corrected chi connectivity index (χ4v) is 1.70. The predicted octanol–water partition coefficient (Wildman–Crippen LogP) is 1.24. The van der Waals surface area contributed by atoms with Gasteiger partial charge in [0.05, 0.1) is 0 Å². The summed E-state index contributed by atoms with van der Waals surface area (Å²) in [6.07, 6.45) is 6.23. The number of rotatable bonds is 3. The number of hydrogen-bond donors (Lipinski definition) is 1. The Bertz CT molecular complexity index is 180. The average Bonchev–Trinajstić information content (AvgIpc) is 2.64. The van der Waals surface area contributed by atoms with Crippen molar-refractivity contribution in [1.82, 2.24) is 0 Å². The van der Waals surface area contributed by atoms with Crippen LogP contribution in [0.2, 0.25) is 0 Å². The second-order valence-corrected chi connectivity index (χ2v) is 4.13. The van der Waals surface area contributed by atoms with Gasteiger partial charge in [0.2, 0.25) is 0 Å². The Morgan fingerprint density at radius 1 is 1.45 bits per heavy atom. The van der Waals surface area contributed by atoms with Crippen molar-refractivity contribution in [1.29, 1.82) is 0 Å². The predicted molar refractivity (Wildman–Crippen MR) is 43.1 cm³/mol. The molecule has 2 nitrogen and oxygen atoms in total. The molecule has 0 unspecified atom stereocenters. The lowest BCUT2D eigenvalue weighted by molar-refractivity contribution is -0.122. The molecule has 11 heavy (non-hydrogen) atoms. The van der Waals surface area contributed by atoms with Crippen LogP contribution in [0.5, 0.6) is 0 Å². The molecule has 0 radical (unpaired) electrons. The van der Waals surface area contributed by atoms with E-state index in [4.69, 9.17) is 5.73 Å². The Morgan fingerprint density at radius 2 is 2.09 bits per heavy atom. The zero-order chi connectivity index (χ0) is 7.90. The highest BCUT2D eigenvalue weighted by molar-refractivity contribution is 5.84. The largest absolute Gasteiger partial charge is 0.325 e. The van der Waals surface area contributed by atoms with Crippen LogP contribution in [0.15, 0.2) is 0 Å². The molecule has 0 aromatic heterocycles. The third kappa shape index (κ3) is 1.45. The maximum atomic E-state index is 11.3. The van der Waals surface area contributed by atoms with Gasteiger partial charge in [-0.1, -0.05) is 0 Å². The summed E-state index contributed by atoms with van der Waals surface area (Å²) in [5.41, 5.74) is 5.86. The smallest absolute Gasteiger partial charge is 0.137 e. The van der Waals surface area contributed by atoms with Crippen LogP contribution in [0.3, 0.4) is 0 Å². The molecule has 2 aliphatic rings. The number of carbonyl (C=O) groups is 1. The second-order valence-electron chi connectivity index (χ2n) is 4.13. The molecule has 0 aromatic rings. The molecular formula is C9H15NO. The molecule has 0 amide bonds. The molecular weight excluding hydrogens is 138 g/mol. The standard InChI is InChI=1S/C9H15NO/c10-9(4-1-5-9)6-8(11)7-2-3-7/h7H,1-6,10H2. The average molecular weight is 153 g/mol. The monoisotopic (exact) mass is 153 g/mol. The summed E-state index contributed by atoms with van der Waals surface area (Å²) in [6.45, 7) is 0. The minimum atomic E-state index is -0.0837. The molecule has 0 aromatic carbocycles. The van der Waals surface area contributed by atoms with E-state index in [1.54, 1.807) is 0 Å². The van der Waals surface area contributed by atoms with Gasteiger partial charge in [0.15, 0.2) is 0 Å². The zero-order valence-corrected chi connectivity index (χ0v) is 6.81. The molecule has 0 atom stereocenters. The molecule has 2 fully saturated rings. The molecule has 0 heterocycles. The summed E-state index contributed by atoms with van der Waals surface area (Å²) in [5.74, 6) is 0.822. The lowest BCUT2D eigenvalue weighted by Gasteiger charge is -2.37. The molecule has 62 valence electrons. The third-order valence-electron chi connectivity index (χ3n) is 2.91. The molecule has 2 saturated carbocycles. The van der Waals surface area contributed by atoms with Crippen LogP contribution >= 0.6 is 0 Å². The van der Waals surface area contributed by atoms with Gasteiger partial charge in [0.1, 0.15) is 5.78 Å². The van der Waals surface area contributed by atoms with E-state index in [9.17, 15) is 4.79 Å². The third-order valence-corrected chi connectivity index (χ3v) is 2.91. The molecule has 0 saturated heterocycles. The number of nitrogens with two attached hydrogens (primary N) is 1. The molecule has 2 heteroatoms. The quantitative estimate of drug-likeness (QED) is 0.662. The van der Waals surface area contributed by atoms with Crippen molar-refractivity contribution in [3.63, 3.8) is 0 Å². The number of carbonyl (C=O) groups excluding carboxylic acids is 1. The van der Waals surface area contributed by atoms with Gasteiger partial charge >= 0.3 is 0 Å². The minimum Gasteiger partial charge on any atom is -0.325 e. The van der Waals surface area contributed by atoms with Crippen molar-refractivity contribution in [3.05, 3.63) is 0 Å².